The molecule has 1 saturated heterocycles. The molecule has 1 fully saturated rings. The summed E-state index contributed by atoms with van der Waals surface area (Å²) in [6.45, 7) is 4.61. The Hall–Kier alpha value is -1.25. The van der Waals surface area contributed by atoms with Gasteiger partial charge in [-0.05, 0) is 30.9 Å². The zero-order valence-electron chi connectivity index (χ0n) is 8.61. The maximum atomic E-state index is 5.55. The number of nitrogens with two attached hydrogens (primary N) is 1. The second-order valence-electron chi connectivity index (χ2n) is 4.11. The number of hydrogen-bond donors (Lipinski definition) is 1. The monoisotopic (exact) mass is 191 g/mol. The van der Waals surface area contributed by atoms with Crippen molar-refractivity contribution >= 4 is 11.5 Å². The Morgan fingerprint density at radius 3 is 2.64 bits per heavy atom. The smallest absolute Gasteiger partial charge is 0.123 e. The highest BCUT2D eigenvalue weighted by atomic mass is 15.1. The number of piperidine rings is 1. The normalized spacial score (nSPS) is 18.5. The van der Waals surface area contributed by atoms with E-state index in [0.717, 1.165) is 19.0 Å². The van der Waals surface area contributed by atoms with Crippen molar-refractivity contribution in [2.45, 2.75) is 19.8 Å². The average Bonchev–Trinajstić information content (AvgIpc) is 2.21. The van der Waals surface area contributed by atoms with Crippen molar-refractivity contribution in [1.29, 1.82) is 0 Å². The Morgan fingerprint density at radius 1 is 1.36 bits per heavy atom. The van der Waals surface area contributed by atoms with E-state index in [0.29, 0.717) is 5.82 Å². The first kappa shape index (κ1) is 9.31. The molecule has 0 saturated carbocycles. The summed E-state index contributed by atoms with van der Waals surface area (Å²) in [7, 11) is 0. The van der Waals surface area contributed by atoms with Gasteiger partial charge in [-0.1, -0.05) is 6.92 Å². The van der Waals surface area contributed by atoms with Gasteiger partial charge < -0.3 is 10.6 Å². The molecule has 0 aliphatic carbocycles. The largest absolute Gasteiger partial charge is 0.384 e. The Bertz CT molecular complexity index is 286. The molecular formula is C11H17N3. The fraction of sp³-hybridized carbons (Fsp3) is 0.545. The highest BCUT2D eigenvalue weighted by molar-refractivity contribution is 5.48. The summed E-state index contributed by atoms with van der Waals surface area (Å²) >= 11 is 0. The fourth-order valence-electron chi connectivity index (χ4n) is 1.85. The molecule has 0 unspecified atom stereocenters. The molecule has 0 amide bonds. The molecule has 2 heterocycles. The summed E-state index contributed by atoms with van der Waals surface area (Å²) in [5.74, 6) is 1.46. The van der Waals surface area contributed by atoms with E-state index in [-0.39, 0.29) is 0 Å². The molecule has 1 aliphatic heterocycles. The first-order valence-electron chi connectivity index (χ1n) is 5.22. The van der Waals surface area contributed by atoms with Crippen LogP contribution in [0.15, 0.2) is 18.3 Å². The third-order valence-electron chi connectivity index (χ3n) is 2.92. The van der Waals surface area contributed by atoms with Gasteiger partial charge in [-0.2, -0.15) is 0 Å². The second kappa shape index (κ2) is 3.86. The summed E-state index contributed by atoms with van der Waals surface area (Å²) in [6, 6.07) is 3.92. The quantitative estimate of drug-likeness (QED) is 0.737. The van der Waals surface area contributed by atoms with E-state index in [2.05, 4.69) is 22.9 Å². The summed E-state index contributed by atoms with van der Waals surface area (Å²) in [5.41, 5.74) is 6.75. The van der Waals surface area contributed by atoms with Gasteiger partial charge in [0.15, 0.2) is 0 Å². The van der Waals surface area contributed by atoms with E-state index in [9.17, 15) is 0 Å². The molecule has 3 heteroatoms. The summed E-state index contributed by atoms with van der Waals surface area (Å²) < 4.78 is 0. The third-order valence-corrected chi connectivity index (χ3v) is 2.92. The van der Waals surface area contributed by atoms with Crippen LogP contribution in [0, 0.1) is 5.92 Å². The minimum absolute atomic E-state index is 0.596. The highest BCUT2D eigenvalue weighted by Crippen LogP contribution is 2.22. The predicted molar refractivity (Wildman–Crippen MR) is 59.3 cm³/mol. The van der Waals surface area contributed by atoms with Crippen LogP contribution in [0.4, 0.5) is 11.5 Å². The molecule has 1 aliphatic rings. The molecule has 2 rings (SSSR count). The topological polar surface area (TPSA) is 42.1 Å². The van der Waals surface area contributed by atoms with Gasteiger partial charge in [0.2, 0.25) is 0 Å². The number of rotatable bonds is 1. The van der Waals surface area contributed by atoms with Crippen molar-refractivity contribution < 1.29 is 0 Å². The lowest BCUT2D eigenvalue weighted by atomic mass is 9.99. The number of nitrogen functional groups attached to an aromatic ring is 1. The molecule has 76 valence electrons. The van der Waals surface area contributed by atoms with E-state index in [1.54, 1.807) is 0 Å². The number of anilines is 2. The maximum Gasteiger partial charge on any atom is 0.123 e. The molecule has 3 nitrogen and oxygen atoms in total. The zero-order valence-corrected chi connectivity index (χ0v) is 8.61. The Balaban J connectivity index is 2.05. The number of pyridine rings is 1. The van der Waals surface area contributed by atoms with Gasteiger partial charge in [-0.3, -0.25) is 0 Å². The van der Waals surface area contributed by atoms with Crippen molar-refractivity contribution in [3.05, 3.63) is 18.3 Å². The first-order chi connectivity index (χ1) is 6.75. The van der Waals surface area contributed by atoms with Crippen LogP contribution in [0.1, 0.15) is 19.8 Å². The van der Waals surface area contributed by atoms with Gasteiger partial charge in [0, 0.05) is 13.1 Å². The van der Waals surface area contributed by atoms with Crippen LogP contribution in [0.5, 0.6) is 0 Å². The molecule has 2 N–H and O–H groups in total. The minimum Gasteiger partial charge on any atom is -0.384 e. The molecule has 1 aromatic rings. The maximum absolute atomic E-state index is 5.55. The van der Waals surface area contributed by atoms with Crippen molar-refractivity contribution in [2.75, 3.05) is 23.7 Å². The third kappa shape index (κ3) is 1.97. The molecule has 0 bridgehead atoms. The van der Waals surface area contributed by atoms with Crippen molar-refractivity contribution in [2.24, 2.45) is 5.92 Å². The van der Waals surface area contributed by atoms with Crippen LogP contribution in [0.3, 0.4) is 0 Å². The SMILES string of the molecule is CC1CCN(c2ccc(N)nc2)CC1. The zero-order chi connectivity index (χ0) is 9.97. The van der Waals surface area contributed by atoms with Crippen molar-refractivity contribution in [1.82, 2.24) is 4.98 Å². The number of hydrogen-bond acceptors (Lipinski definition) is 3. The minimum atomic E-state index is 0.596. The van der Waals surface area contributed by atoms with E-state index in [4.69, 9.17) is 5.73 Å². The fourth-order valence-corrected chi connectivity index (χ4v) is 1.85. The van der Waals surface area contributed by atoms with E-state index in [1.807, 2.05) is 12.3 Å². The first-order valence-corrected chi connectivity index (χ1v) is 5.22. The number of nitrogens with zero attached hydrogens (tertiary/aromatic N) is 2. The van der Waals surface area contributed by atoms with Crippen LogP contribution in [-0.2, 0) is 0 Å². The molecule has 0 aromatic carbocycles. The average molecular weight is 191 g/mol. The summed E-state index contributed by atoms with van der Waals surface area (Å²) in [5, 5.41) is 0. The van der Waals surface area contributed by atoms with Gasteiger partial charge in [-0.15, -0.1) is 0 Å². The van der Waals surface area contributed by atoms with Gasteiger partial charge in [-0.25, -0.2) is 4.98 Å². The van der Waals surface area contributed by atoms with E-state index in [1.165, 1.54) is 18.5 Å². The Kier molecular flexibility index (Phi) is 2.57. The van der Waals surface area contributed by atoms with E-state index < -0.39 is 0 Å². The van der Waals surface area contributed by atoms with E-state index >= 15 is 0 Å². The summed E-state index contributed by atoms with van der Waals surface area (Å²) in [4.78, 5) is 6.49. The van der Waals surface area contributed by atoms with Crippen LogP contribution >= 0.6 is 0 Å². The highest BCUT2D eigenvalue weighted by Gasteiger charge is 2.15. The van der Waals surface area contributed by atoms with Crippen molar-refractivity contribution in [3.63, 3.8) is 0 Å². The molecular weight excluding hydrogens is 174 g/mol. The van der Waals surface area contributed by atoms with Gasteiger partial charge >= 0.3 is 0 Å². The molecule has 0 atom stereocenters. The van der Waals surface area contributed by atoms with Crippen LogP contribution < -0.4 is 10.6 Å². The Labute approximate surface area is 84.9 Å². The molecule has 0 spiro atoms. The van der Waals surface area contributed by atoms with Crippen LogP contribution in [-0.4, -0.2) is 18.1 Å². The lowest BCUT2D eigenvalue weighted by Crippen LogP contribution is -2.32. The number of aromatic nitrogens is 1. The summed E-state index contributed by atoms with van der Waals surface area (Å²) in [6.07, 6.45) is 4.43. The van der Waals surface area contributed by atoms with Crippen LogP contribution in [0.25, 0.3) is 0 Å². The lowest BCUT2D eigenvalue weighted by molar-refractivity contribution is 0.438. The molecule has 1 aromatic heterocycles. The van der Waals surface area contributed by atoms with Crippen LogP contribution in [0.2, 0.25) is 0 Å². The van der Waals surface area contributed by atoms with Gasteiger partial charge in [0.25, 0.3) is 0 Å². The van der Waals surface area contributed by atoms with Crippen molar-refractivity contribution in [3.8, 4) is 0 Å². The standard InChI is InChI=1S/C11H17N3/c1-9-4-6-14(7-5-9)10-2-3-11(12)13-8-10/h2-3,8-9H,4-7H2,1H3,(H2,12,13). The second-order valence-corrected chi connectivity index (χ2v) is 4.11. The van der Waals surface area contributed by atoms with Gasteiger partial charge in [0.05, 0.1) is 11.9 Å². The van der Waals surface area contributed by atoms with Gasteiger partial charge in [0.1, 0.15) is 5.82 Å². The lowest BCUT2D eigenvalue weighted by Gasteiger charge is -2.31. The molecule has 14 heavy (non-hydrogen) atoms. The molecule has 0 radical (unpaired) electrons. The predicted octanol–water partition coefficient (Wildman–Crippen LogP) is 1.90. The Morgan fingerprint density at radius 2 is 2.07 bits per heavy atom.